The molecule has 4 heteroatoms. The highest BCUT2D eigenvalue weighted by Crippen LogP contribution is 2.23. The number of rotatable bonds is 5. The molecule has 20 heavy (non-hydrogen) atoms. The quantitative estimate of drug-likeness (QED) is 0.829. The monoisotopic (exact) mass is 279 g/mol. The normalized spacial score (nSPS) is 23.8. The Labute approximate surface area is 119 Å². The van der Waals surface area contributed by atoms with E-state index in [0.29, 0.717) is 12.1 Å². The molecule has 0 bridgehead atoms. The second-order valence-corrected chi connectivity index (χ2v) is 5.78. The van der Waals surface area contributed by atoms with Crippen molar-refractivity contribution in [1.82, 2.24) is 4.90 Å². The Hall–Kier alpha value is -1.26. The maximum absolute atomic E-state index is 13.5. The number of hydrogen-bond donors (Lipinski definition) is 0. The number of halogens is 1. The lowest BCUT2D eigenvalue weighted by Crippen LogP contribution is -2.49. The second-order valence-electron chi connectivity index (χ2n) is 5.78. The molecule has 0 amide bonds. The van der Waals surface area contributed by atoms with Gasteiger partial charge in [0.25, 0.3) is 0 Å². The van der Waals surface area contributed by atoms with Gasteiger partial charge in [-0.2, -0.15) is 0 Å². The lowest BCUT2D eigenvalue weighted by atomic mass is 9.94. The fourth-order valence-corrected chi connectivity index (χ4v) is 2.77. The van der Waals surface area contributed by atoms with Crippen LogP contribution in [0.2, 0.25) is 0 Å². The number of Topliss-reactive ketones (excluding diaryl/α,β-unsaturated/α-hetero) is 1. The third kappa shape index (κ3) is 3.87. The number of methoxy groups -OCH3 is 1. The molecule has 0 aromatic heterocycles. The number of ketones is 1. The van der Waals surface area contributed by atoms with Gasteiger partial charge in [-0.15, -0.1) is 0 Å². The Kier molecular flexibility index (Phi) is 4.89. The summed E-state index contributed by atoms with van der Waals surface area (Å²) in [6.07, 6.45) is 2.20. The van der Waals surface area contributed by atoms with Gasteiger partial charge in [-0.25, -0.2) is 4.39 Å². The number of nitrogens with zero attached hydrogens (tertiary/aromatic N) is 1. The molecule has 0 radical (unpaired) electrons. The van der Waals surface area contributed by atoms with Gasteiger partial charge in [-0.05, 0) is 37.9 Å². The SMILES string of the molecule is COC1(C)CCCN(CC(=O)Cc2ccccc2F)C1. The standard InChI is InChI=1S/C16H22FNO2/c1-16(20-2)8-5-9-18(12-16)11-14(19)10-13-6-3-4-7-15(13)17/h3-4,6-7H,5,8-12H2,1-2H3. The summed E-state index contributed by atoms with van der Waals surface area (Å²) in [4.78, 5) is 14.2. The summed E-state index contributed by atoms with van der Waals surface area (Å²) in [7, 11) is 1.71. The number of likely N-dealkylation sites (tertiary alicyclic amines) is 1. The Morgan fingerprint density at radius 2 is 2.20 bits per heavy atom. The van der Waals surface area contributed by atoms with E-state index in [-0.39, 0.29) is 23.6 Å². The predicted octanol–water partition coefficient (Wildman–Crippen LogP) is 2.44. The molecule has 1 unspecified atom stereocenters. The molecule has 1 aliphatic heterocycles. The molecule has 1 atom stereocenters. The first-order chi connectivity index (χ1) is 9.52. The zero-order valence-electron chi connectivity index (χ0n) is 12.2. The molecule has 1 aromatic carbocycles. The van der Waals surface area contributed by atoms with Gasteiger partial charge < -0.3 is 4.74 Å². The first kappa shape index (κ1) is 15.1. The van der Waals surface area contributed by atoms with E-state index in [1.807, 2.05) is 0 Å². The summed E-state index contributed by atoms with van der Waals surface area (Å²) in [5.41, 5.74) is 0.306. The van der Waals surface area contributed by atoms with Gasteiger partial charge >= 0.3 is 0 Å². The molecule has 2 rings (SSSR count). The molecular formula is C16H22FNO2. The smallest absolute Gasteiger partial charge is 0.151 e. The summed E-state index contributed by atoms with van der Waals surface area (Å²) in [6, 6.07) is 6.46. The average Bonchev–Trinajstić information content (AvgIpc) is 2.41. The van der Waals surface area contributed by atoms with E-state index < -0.39 is 0 Å². The predicted molar refractivity (Wildman–Crippen MR) is 76.2 cm³/mol. The van der Waals surface area contributed by atoms with E-state index in [9.17, 15) is 9.18 Å². The summed E-state index contributed by atoms with van der Waals surface area (Å²) < 4.78 is 19.0. The van der Waals surface area contributed by atoms with Crippen molar-refractivity contribution in [3.63, 3.8) is 0 Å². The number of hydrogen-bond acceptors (Lipinski definition) is 3. The summed E-state index contributed by atoms with van der Waals surface area (Å²) in [6.45, 7) is 4.10. The Morgan fingerprint density at radius 1 is 1.45 bits per heavy atom. The Bertz CT molecular complexity index is 477. The molecule has 3 nitrogen and oxygen atoms in total. The van der Waals surface area contributed by atoms with Crippen molar-refractivity contribution >= 4 is 5.78 Å². The third-order valence-electron chi connectivity index (χ3n) is 3.98. The zero-order chi connectivity index (χ0) is 14.6. The number of ether oxygens (including phenoxy) is 1. The Morgan fingerprint density at radius 3 is 2.90 bits per heavy atom. The molecule has 110 valence electrons. The molecule has 1 heterocycles. The van der Waals surface area contributed by atoms with Crippen molar-refractivity contribution in [2.24, 2.45) is 0 Å². The van der Waals surface area contributed by atoms with E-state index in [1.165, 1.54) is 6.07 Å². The van der Waals surface area contributed by atoms with E-state index >= 15 is 0 Å². The van der Waals surface area contributed by atoms with Crippen LogP contribution in [0, 0.1) is 5.82 Å². The van der Waals surface area contributed by atoms with Crippen molar-refractivity contribution < 1.29 is 13.9 Å². The van der Waals surface area contributed by atoms with Crippen LogP contribution >= 0.6 is 0 Å². The first-order valence-electron chi connectivity index (χ1n) is 7.05. The van der Waals surface area contributed by atoms with Crippen molar-refractivity contribution in [2.45, 2.75) is 31.8 Å². The molecule has 0 aliphatic carbocycles. The van der Waals surface area contributed by atoms with Crippen LogP contribution in [-0.4, -0.2) is 43.0 Å². The van der Waals surface area contributed by atoms with Crippen molar-refractivity contribution in [1.29, 1.82) is 0 Å². The third-order valence-corrected chi connectivity index (χ3v) is 3.98. The van der Waals surface area contributed by atoms with Crippen LogP contribution in [0.5, 0.6) is 0 Å². The van der Waals surface area contributed by atoms with Crippen LogP contribution in [0.25, 0.3) is 0 Å². The lowest BCUT2D eigenvalue weighted by molar-refractivity contribution is -0.121. The second kappa shape index (κ2) is 6.46. The maximum atomic E-state index is 13.5. The minimum atomic E-state index is -0.304. The van der Waals surface area contributed by atoms with Crippen molar-refractivity contribution in [2.75, 3.05) is 26.7 Å². The largest absolute Gasteiger partial charge is 0.377 e. The van der Waals surface area contributed by atoms with Crippen LogP contribution in [-0.2, 0) is 16.0 Å². The topological polar surface area (TPSA) is 29.5 Å². The lowest BCUT2D eigenvalue weighted by Gasteiger charge is -2.39. The van der Waals surface area contributed by atoms with E-state index in [0.717, 1.165) is 25.9 Å². The van der Waals surface area contributed by atoms with E-state index in [2.05, 4.69) is 11.8 Å². The highest BCUT2D eigenvalue weighted by molar-refractivity contribution is 5.82. The highest BCUT2D eigenvalue weighted by atomic mass is 19.1. The molecule has 1 aromatic rings. The maximum Gasteiger partial charge on any atom is 0.151 e. The van der Waals surface area contributed by atoms with Crippen molar-refractivity contribution in [3.05, 3.63) is 35.6 Å². The van der Waals surface area contributed by atoms with Crippen LogP contribution in [0.3, 0.4) is 0 Å². The van der Waals surface area contributed by atoms with Gasteiger partial charge in [-0.1, -0.05) is 18.2 Å². The van der Waals surface area contributed by atoms with Gasteiger partial charge in [0.15, 0.2) is 5.78 Å². The number of carbonyl (C=O) groups is 1. The van der Waals surface area contributed by atoms with Crippen LogP contribution in [0.15, 0.2) is 24.3 Å². The van der Waals surface area contributed by atoms with Crippen LogP contribution in [0.1, 0.15) is 25.3 Å². The first-order valence-corrected chi connectivity index (χ1v) is 7.05. The minimum Gasteiger partial charge on any atom is -0.377 e. The molecule has 1 fully saturated rings. The fraction of sp³-hybridized carbons (Fsp3) is 0.562. The minimum absolute atomic E-state index is 0.0513. The number of benzene rings is 1. The van der Waals surface area contributed by atoms with Gasteiger partial charge in [0.1, 0.15) is 5.82 Å². The average molecular weight is 279 g/mol. The Balaban J connectivity index is 1.90. The molecule has 0 saturated carbocycles. The molecule has 1 aliphatic rings. The van der Waals surface area contributed by atoms with E-state index in [4.69, 9.17) is 4.74 Å². The highest BCUT2D eigenvalue weighted by Gasteiger charge is 2.31. The van der Waals surface area contributed by atoms with E-state index in [1.54, 1.807) is 25.3 Å². The van der Waals surface area contributed by atoms with Gasteiger partial charge in [0.05, 0.1) is 12.1 Å². The van der Waals surface area contributed by atoms with Crippen molar-refractivity contribution in [3.8, 4) is 0 Å². The van der Waals surface area contributed by atoms with Gasteiger partial charge in [0, 0.05) is 20.1 Å². The summed E-state index contributed by atoms with van der Waals surface area (Å²) in [5.74, 6) is -0.253. The molecule has 0 spiro atoms. The number of carbonyl (C=O) groups excluding carboxylic acids is 1. The summed E-state index contributed by atoms with van der Waals surface area (Å²) >= 11 is 0. The zero-order valence-corrected chi connectivity index (χ0v) is 12.2. The molecule has 1 saturated heterocycles. The summed E-state index contributed by atoms with van der Waals surface area (Å²) in [5, 5.41) is 0. The number of piperidine rings is 1. The molecule has 0 N–H and O–H groups in total. The molecular weight excluding hydrogens is 257 g/mol. The van der Waals surface area contributed by atoms with Gasteiger partial charge in [0.2, 0.25) is 0 Å². The fourth-order valence-electron chi connectivity index (χ4n) is 2.77. The van der Waals surface area contributed by atoms with Gasteiger partial charge in [-0.3, -0.25) is 9.69 Å². The van der Waals surface area contributed by atoms with Crippen LogP contribution in [0.4, 0.5) is 4.39 Å². The van der Waals surface area contributed by atoms with Crippen LogP contribution < -0.4 is 0 Å².